The summed E-state index contributed by atoms with van der Waals surface area (Å²) >= 11 is 1.40. The Hall–Kier alpha value is -1.35. The molecule has 1 N–H and O–H groups in total. The standard InChI is InChI=1S/C15H19NO3S/c1-2-19-13-6-3-8-16(11-13)15(18)14-12(5-4-9-17)7-10-20-14/h7,10,13,17H,2-3,6,8-9,11H2,1H3. The van der Waals surface area contributed by atoms with E-state index in [4.69, 9.17) is 9.84 Å². The van der Waals surface area contributed by atoms with Crippen molar-refractivity contribution in [3.05, 3.63) is 21.9 Å². The van der Waals surface area contributed by atoms with Gasteiger partial charge in [-0.3, -0.25) is 4.79 Å². The molecule has 1 unspecified atom stereocenters. The summed E-state index contributed by atoms with van der Waals surface area (Å²) in [5, 5.41) is 10.6. The average Bonchev–Trinajstić information content (AvgIpc) is 2.93. The molecule has 1 fully saturated rings. The van der Waals surface area contributed by atoms with Gasteiger partial charge in [0.2, 0.25) is 0 Å². The average molecular weight is 293 g/mol. The van der Waals surface area contributed by atoms with Crippen LogP contribution in [0.1, 0.15) is 35.0 Å². The molecular weight excluding hydrogens is 274 g/mol. The Morgan fingerprint density at radius 2 is 2.50 bits per heavy atom. The SMILES string of the molecule is CCOC1CCCN(C(=O)c2sccc2C#CCO)C1. The summed E-state index contributed by atoms with van der Waals surface area (Å²) in [5.74, 6) is 5.45. The number of ether oxygens (including phenoxy) is 1. The molecule has 0 radical (unpaired) electrons. The van der Waals surface area contributed by atoms with E-state index in [0.717, 1.165) is 19.4 Å². The van der Waals surface area contributed by atoms with Crippen LogP contribution in [0.2, 0.25) is 0 Å². The number of amides is 1. The predicted octanol–water partition coefficient (Wildman–Crippen LogP) is 1.73. The lowest BCUT2D eigenvalue weighted by atomic mass is 10.1. The first-order valence-corrected chi connectivity index (χ1v) is 7.72. The van der Waals surface area contributed by atoms with E-state index in [1.54, 1.807) is 0 Å². The molecule has 5 heteroatoms. The zero-order valence-electron chi connectivity index (χ0n) is 11.6. The number of nitrogens with zero attached hydrogens (tertiary/aromatic N) is 1. The van der Waals surface area contributed by atoms with Crippen molar-refractivity contribution in [1.82, 2.24) is 4.90 Å². The van der Waals surface area contributed by atoms with Gasteiger partial charge in [-0.05, 0) is 31.2 Å². The van der Waals surface area contributed by atoms with E-state index in [2.05, 4.69) is 11.8 Å². The lowest BCUT2D eigenvalue weighted by Gasteiger charge is -2.32. The fourth-order valence-electron chi connectivity index (χ4n) is 2.35. The van der Waals surface area contributed by atoms with E-state index >= 15 is 0 Å². The van der Waals surface area contributed by atoms with Gasteiger partial charge in [-0.15, -0.1) is 11.3 Å². The van der Waals surface area contributed by atoms with Crippen LogP contribution in [0.5, 0.6) is 0 Å². The van der Waals surface area contributed by atoms with Crippen LogP contribution >= 0.6 is 11.3 Å². The van der Waals surface area contributed by atoms with Crippen molar-refractivity contribution in [3.63, 3.8) is 0 Å². The molecule has 4 nitrogen and oxygen atoms in total. The fourth-order valence-corrected chi connectivity index (χ4v) is 3.16. The summed E-state index contributed by atoms with van der Waals surface area (Å²) in [5.41, 5.74) is 0.701. The number of rotatable bonds is 3. The smallest absolute Gasteiger partial charge is 0.265 e. The molecular formula is C15H19NO3S. The monoisotopic (exact) mass is 293 g/mol. The minimum absolute atomic E-state index is 0.0200. The van der Waals surface area contributed by atoms with Crippen LogP contribution in [0.15, 0.2) is 11.4 Å². The van der Waals surface area contributed by atoms with Crippen LogP contribution in [-0.2, 0) is 4.74 Å². The van der Waals surface area contributed by atoms with Crippen LogP contribution < -0.4 is 0 Å². The molecule has 1 amide bonds. The van der Waals surface area contributed by atoms with Crippen molar-refractivity contribution >= 4 is 17.2 Å². The first kappa shape index (κ1) is 15.0. The summed E-state index contributed by atoms with van der Waals surface area (Å²) in [6, 6.07) is 1.82. The van der Waals surface area contributed by atoms with E-state index in [1.807, 2.05) is 23.3 Å². The van der Waals surface area contributed by atoms with Gasteiger partial charge in [-0.25, -0.2) is 0 Å². The van der Waals surface area contributed by atoms with E-state index in [-0.39, 0.29) is 18.6 Å². The Kier molecular flexibility index (Phi) is 5.60. The number of thiophene rings is 1. The van der Waals surface area contributed by atoms with Crippen molar-refractivity contribution in [3.8, 4) is 11.8 Å². The molecule has 1 aromatic heterocycles. The van der Waals surface area contributed by atoms with E-state index in [9.17, 15) is 4.79 Å². The normalized spacial score (nSPS) is 18.5. The molecule has 0 aromatic carbocycles. The molecule has 1 saturated heterocycles. The molecule has 108 valence electrons. The van der Waals surface area contributed by atoms with Crippen LogP contribution in [0.4, 0.5) is 0 Å². The summed E-state index contributed by atoms with van der Waals surface area (Å²) in [7, 11) is 0. The maximum atomic E-state index is 12.5. The number of hydrogen-bond donors (Lipinski definition) is 1. The summed E-state index contributed by atoms with van der Waals surface area (Å²) in [6.07, 6.45) is 2.13. The van der Waals surface area contributed by atoms with Gasteiger partial charge >= 0.3 is 0 Å². The molecule has 2 heterocycles. The second-order valence-electron chi connectivity index (χ2n) is 4.59. The van der Waals surface area contributed by atoms with Gasteiger partial charge < -0.3 is 14.7 Å². The summed E-state index contributed by atoms with van der Waals surface area (Å²) in [6.45, 7) is 3.88. The Balaban J connectivity index is 2.09. The molecule has 0 bridgehead atoms. The highest BCUT2D eigenvalue weighted by Crippen LogP contribution is 2.21. The molecule has 2 rings (SSSR count). The van der Waals surface area contributed by atoms with Gasteiger partial charge in [0.25, 0.3) is 5.91 Å². The molecule has 1 aromatic rings. The number of carbonyl (C=O) groups excluding carboxylic acids is 1. The second-order valence-corrected chi connectivity index (χ2v) is 5.51. The molecule has 0 spiro atoms. The molecule has 1 aliphatic heterocycles. The largest absolute Gasteiger partial charge is 0.384 e. The van der Waals surface area contributed by atoms with Gasteiger partial charge in [-0.2, -0.15) is 0 Å². The highest BCUT2D eigenvalue weighted by molar-refractivity contribution is 7.12. The van der Waals surface area contributed by atoms with Crippen LogP contribution in [0.3, 0.4) is 0 Å². The molecule has 1 atom stereocenters. The van der Waals surface area contributed by atoms with Crippen molar-refractivity contribution in [2.24, 2.45) is 0 Å². The zero-order valence-corrected chi connectivity index (χ0v) is 12.4. The van der Waals surface area contributed by atoms with E-state index in [0.29, 0.717) is 23.6 Å². The number of likely N-dealkylation sites (tertiary alicyclic amines) is 1. The van der Waals surface area contributed by atoms with Gasteiger partial charge in [0.1, 0.15) is 11.5 Å². The van der Waals surface area contributed by atoms with Crippen LogP contribution in [0, 0.1) is 11.8 Å². The molecule has 1 aliphatic rings. The lowest BCUT2D eigenvalue weighted by molar-refractivity contribution is 0.00741. The highest BCUT2D eigenvalue weighted by atomic mass is 32.1. The zero-order chi connectivity index (χ0) is 14.4. The van der Waals surface area contributed by atoms with Crippen LogP contribution in [0.25, 0.3) is 0 Å². The Labute approximate surface area is 123 Å². The summed E-state index contributed by atoms with van der Waals surface area (Å²) < 4.78 is 5.62. The molecule has 0 saturated carbocycles. The van der Waals surface area contributed by atoms with Crippen molar-refractivity contribution in [1.29, 1.82) is 0 Å². The van der Waals surface area contributed by atoms with Crippen molar-refractivity contribution in [2.75, 3.05) is 26.3 Å². The highest BCUT2D eigenvalue weighted by Gasteiger charge is 2.26. The Bertz CT molecular complexity index is 513. The maximum Gasteiger partial charge on any atom is 0.265 e. The third-order valence-corrected chi connectivity index (χ3v) is 4.13. The first-order valence-electron chi connectivity index (χ1n) is 6.84. The first-order chi connectivity index (χ1) is 9.76. The lowest BCUT2D eigenvalue weighted by Crippen LogP contribution is -2.43. The van der Waals surface area contributed by atoms with E-state index < -0.39 is 0 Å². The van der Waals surface area contributed by atoms with Gasteiger partial charge in [-0.1, -0.05) is 11.8 Å². The molecule has 20 heavy (non-hydrogen) atoms. The number of piperidine rings is 1. The second kappa shape index (κ2) is 7.44. The Morgan fingerprint density at radius 3 is 3.25 bits per heavy atom. The fraction of sp³-hybridized carbons (Fsp3) is 0.533. The predicted molar refractivity (Wildman–Crippen MR) is 78.8 cm³/mol. The third kappa shape index (κ3) is 3.60. The number of aliphatic hydroxyl groups excluding tert-OH is 1. The molecule has 0 aliphatic carbocycles. The quantitative estimate of drug-likeness (QED) is 0.864. The summed E-state index contributed by atoms with van der Waals surface area (Å²) in [4.78, 5) is 15.0. The number of carbonyl (C=O) groups is 1. The van der Waals surface area contributed by atoms with Gasteiger partial charge in [0.05, 0.1) is 6.10 Å². The van der Waals surface area contributed by atoms with Crippen molar-refractivity contribution in [2.45, 2.75) is 25.9 Å². The minimum Gasteiger partial charge on any atom is -0.384 e. The minimum atomic E-state index is -0.195. The van der Waals surface area contributed by atoms with Crippen molar-refractivity contribution < 1.29 is 14.6 Å². The third-order valence-electron chi connectivity index (χ3n) is 3.23. The number of hydrogen-bond acceptors (Lipinski definition) is 4. The van der Waals surface area contributed by atoms with E-state index in [1.165, 1.54) is 11.3 Å². The number of aliphatic hydroxyl groups is 1. The maximum absolute atomic E-state index is 12.5. The van der Waals surface area contributed by atoms with Crippen LogP contribution in [-0.4, -0.2) is 48.3 Å². The Morgan fingerprint density at radius 1 is 1.65 bits per heavy atom. The topological polar surface area (TPSA) is 49.8 Å². The van der Waals surface area contributed by atoms with Gasteiger partial charge in [0.15, 0.2) is 0 Å². The van der Waals surface area contributed by atoms with Gasteiger partial charge in [0, 0.05) is 25.3 Å².